The SMILES string of the molecule is C=CC(=O)N[C@H]1CCCN(S(=O)(=O)c2ccc(CN(Cc3ccccc3)C(=O)O)cc2)C1. The molecule has 2 aromatic rings. The van der Waals surface area contributed by atoms with E-state index in [1.54, 1.807) is 12.1 Å². The zero-order valence-corrected chi connectivity index (χ0v) is 18.5. The van der Waals surface area contributed by atoms with E-state index in [0.29, 0.717) is 24.9 Å². The lowest BCUT2D eigenvalue weighted by Crippen LogP contribution is -2.49. The first-order valence-electron chi connectivity index (χ1n) is 10.3. The molecule has 32 heavy (non-hydrogen) atoms. The fraction of sp³-hybridized carbons (Fsp3) is 0.304. The molecule has 1 fully saturated rings. The molecule has 2 aromatic carbocycles. The van der Waals surface area contributed by atoms with Gasteiger partial charge in [0.2, 0.25) is 15.9 Å². The van der Waals surface area contributed by atoms with E-state index in [-0.39, 0.29) is 36.5 Å². The third-order valence-corrected chi connectivity index (χ3v) is 7.22. The highest BCUT2D eigenvalue weighted by molar-refractivity contribution is 7.89. The van der Waals surface area contributed by atoms with Gasteiger partial charge in [-0.2, -0.15) is 4.31 Å². The van der Waals surface area contributed by atoms with Crippen molar-refractivity contribution in [1.29, 1.82) is 0 Å². The monoisotopic (exact) mass is 457 g/mol. The van der Waals surface area contributed by atoms with Crippen molar-refractivity contribution in [3.05, 3.63) is 78.4 Å². The molecule has 0 aliphatic carbocycles. The summed E-state index contributed by atoms with van der Waals surface area (Å²) in [5, 5.41) is 12.3. The van der Waals surface area contributed by atoms with Crippen LogP contribution in [0.25, 0.3) is 0 Å². The molecule has 1 aliphatic heterocycles. The van der Waals surface area contributed by atoms with E-state index in [0.717, 1.165) is 5.56 Å². The van der Waals surface area contributed by atoms with E-state index in [9.17, 15) is 23.1 Å². The van der Waals surface area contributed by atoms with Crippen LogP contribution in [-0.4, -0.2) is 53.9 Å². The number of benzene rings is 2. The van der Waals surface area contributed by atoms with Gasteiger partial charge in [-0.15, -0.1) is 0 Å². The van der Waals surface area contributed by atoms with Crippen molar-refractivity contribution in [3.63, 3.8) is 0 Å². The molecular weight excluding hydrogens is 430 g/mol. The van der Waals surface area contributed by atoms with E-state index in [1.165, 1.54) is 27.4 Å². The minimum atomic E-state index is -3.72. The van der Waals surface area contributed by atoms with E-state index in [1.807, 2.05) is 30.3 Å². The van der Waals surface area contributed by atoms with Gasteiger partial charge < -0.3 is 10.4 Å². The predicted molar refractivity (Wildman–Crippen MR) is 120 cm³/mol. The fourth-order valence-corrected chi connectivity index (χ4v) is 5.19. The maximum absolute atomic E-state index is 13.1. The fourth-order valence-electron chi connectivity index (χ4n) is 3.67. The number of carboxylic acid groups (broad SMARTS) is 1. The summed E-state index contributed by atoms with van der Waals surface area (Å²) >= 11 is 0. The van der Waals surface area contributed by atoms with Crippen molar-refractivity contribution in [2.75, 3.05) is 13.1 Å². The molecule has 0 saturated carbocycles. The molecule has 1 saturated heterocycles. The lowest BCUT2D eigenvalue weighted by Gasteiger charge is -2.32. The van der Waals surface area contributed by atoms with Gasteiger partial charge in [0.25, 0.3) is 0 Å². The number of nitrogens with one attached hydrogen (secondary N) is 1. The number of piperidine rings is 1. The Morgan fingerprint density at radius 2 is 1.72 bits per heavy atom. The third-order valence-electron chi connectivity index (χ3n) is 5.34. The Kier molecular flexibility index (Phi) is 7.66. The lowest BCUT2D eigenvalue weighted by molar-refractivity contribution is -0.117. The number of sulfonamides is 1. The Morgan fingerprint density at radius 3 is 2.31 bits per heavy atom. The first-order valence-corrected chi connectivity index (χ1v) is 11.8. The zero-order valence-electron chi connectivity index (χ0n) is 17.7. The summed E-state index contributed by atoms with van der Waals surface area (Å²) in [6, 6.07) is 15.3. The second-order valence-electron chi connectivity index (χ2n) is 7.68. The molecule has 0 unspecified atom stereocenters. The molecule has 2 amide bonds. The number of carbonyl (C=O) groups excluding carboxylic acids is 1. The number of hydrogen-bond acceptors (Lipinski definition) is 4. The Hall–Kier alpha value is -3.17. The molecule has 1 heterocycles. The normalized spacial score (nSPS) is 16.8. The molecule has 8 nitrogen and oxygen atoms in total. The van der Waals surface area contributed by atoms with Gasteiger partial charge in [-0.1, -0.05) is 49.0 Å². The number of carbonyl (C=O) groups is 2. The molecule has 0 spiro atoms. The van der Waals surface area contributed by atoms with Crippen molar-refractivity contribution < 1.29 is 23.1 Å². The maximum Gasteiger partial charge on any atom is 0.407 e. The highest BCUT2D eigenvalue weighted by Gasteiger charge is 2.30. The van der Waals surface area contributed by atoms with Crippen molar-refractivity contribution in [2.45, 2.75) is 36.9 Å². The van der Waals surface area contributed by atoms with Crippen LogP contribution in [0.15, 0.2) is 72.1 Å². The van der Waals surface area contributed by atoms with Gasteiger partial charge in [0, 0.05) is 32.2 Å². The third kappa shape index (κ3) is 5.95. The van der Waals surface area contributed by atoms with Gasteiger partial charge in [0.05, 0.1) is 4.90 Å². The van der Waals surface area contributed by atoms with Crippen LogP contribution in [0.1, 0.15) is 24.0 Å². The Morgan fingerprint density at radius 1 is 1.09 bits per heavy atom. The Balaban J connectivity index is 1.68. The summed E-state index contributed by atoms with van der Waals surface area (Å²) < 4.78 is 27.5. The molecule has 0 radical (unpaired) electrons. The summed E-state index contributed by atoms with van der Waals surface area (Å²) in [5.74, 6) is -0.322. The maximum atomic E-state index is 13.1. The Bertz CT molecular complexity index is 1050. The quantitative estimate of drug-likeness (QED) is 0.593. The second-order valence-corrected chi connectivity index (χ2v) is 9.62. The standard InChI is InChI=1S/C23H27N3O5S/c1-2-22(27)24-20-9-6-14-26(17-20)32(30,31)21-12-10-19(11-13-21)16-25(23(28)29)15-18-7-4-3-5-8-18/h2-5,7-8,10-13,20H,1,6,9,14-17H2,(H,24,27)(H,28,29)/t20-/m0/s1. The van der Waals surface area contributed by atoms with Crippen molar-refractivity contribution in [1.82, 2.24) is 14.5 Å². The average Bonchev–Trinajstić information content (AvgIpc) is 2.79. The molecule has 9 heteroatoms. The lowest BCUT2D eigenvalue weighted by atomic mass is 10.1. The van der Waals surface area contributed by atoms with E-state index in [2.05, 4.69) is 11.9 Å². The van der Waals surface area contributed by atoms with E-state index >= 15 is 0 Å². The second kappa shape index (κ2) is 10.4. The smallest absolute Gasteiger partial charge is 0.407 e. The molecule has 170 valence electrons. The largest absolute Gasteiger partial charge is 0.465 e. The first-order chi connectivity index (χ1) is 15.3. The average molecular weight is 458 g/mol. The van der Waals surface area contributed by atoms with Gasteiger partial charge in [-0.3, -0.25) is 9.69 Å². The minimum Gasteiger partial charge on any atom is -0.465 e. The molecule has 1 atom stereocenters. The van der Waals surface area contributed by atoms with E-state index < -0.39 is 16.1 Å². The van der Waals surface area contributed by atoms with E-state index in [4.69, 9.17) is 0 Å². The molecule has 0 aromatic heterocycles. The van der Waals surface area contributed by atoms with Crippen LogP contribution >= 0.6 is 0 Å². The highest BCUT2D eigenvalue weighted by Crippen LogP contribution is 2.22. The van der Waals surface area contributed by atoms with Crippen LogP contribution < -0.4 is 5.32 Å². The van der Waals surface area contributed by atoms with Crippen LogP contribution in [0.4, 0.5) is 4.79 Å². The van der Waals surface area contributed by atoms with Crippen LogP contribution in [0.3, 0.4) is 0 Å². The first kappa shape index (κ1) is 23.5. The summed E-state index contributed by atoms with van der Waals surface area (Å²) in [6.07, 6.45) is 1.47. The molecule has 1 aliphatic rings. The zero-order chi connectivity index (χ0) is 23.1. The molecule has 3 rings (SSSR count). The number of amides is 2. The molecule has 0 bridgehead atoms. The van der Waals surface area contributed by atoms with Gasteiger partial charge in [0.1, 0.15) is 0 Å². The number of nitrogens with zero attached hydrogens (tertiary/aromatic N) is 2. The van der Waals surface area contributed by atoms with Gasteiger partial charge in [0.15, 0.2) is 0 Å². The van der Waals surface area contributed by atoms with Crippen molar-refractivity contribution in [3.8, 4) is 0 Å². The summed E-state index contributed by atoms with van der Waals surface area (Å²) in [6.45, 7) is 4.39. The van der Waals surface area contributed by atoms with Crippen LogP contribution in [-0.2, 0) is 27.9 Å². The minimum absolute atomic E-state index is 0.141. The van der Waals surface area contributed by atoms with Crippen LogP contribution in [0.5, 0.6) is 0 Å². The van der Waals surface area contributed by atoms with Crippen LogP contribution in [0.2, 0.25) is 0 Å². The van der Waals surface area contributed by atoms with Crippen molar-refractivity contribution >= 4 is 22.0 Å². The van der Waals surface area contributed by atoms with Gasteiger partial charge in [-0.25, -0.2) is 13.2 Å². The molecular formula is C23H27N3O5S. The van der Waals surface area contributed by atoms with Crippen LogP contribution in [0, 0.1) is 0 Å². The molecule has 2 N–H and O–H groups in total. The summed E-state index contributed by atoms with van der Waals surface area (Å²) in [7, 11) is -3.72. The Labute approximate surface area is 188 Å². The van der Waals surface area contributed by atoms with Gasteiger partial charge in [-0.05, 0) is 42.2 Å². The topological polar surface area (TPSA) is 107 Å². The van der Waals surface area contributed by atoms with Crippen molar-refractivity contribution in [2.24, 2.45) is 0 Å². The number of rotatable bonds is 8. The van der Waals surface area contributed by atoms with Gasteiger partial charge >= 0.3 is 6.09 Å². The predicted octanol–water partition coefficient (Wildman–Crippen LogP) is 2.82. The summed E-state index contributed by atoms with van der Waals surface area (Å²) in [5.41, 5.74) is 1.56. The number of hydrogen-bond donors (Lipinski definition) is 2. The highest BCUT2D eigenvalue weighted by atomic mass is 32.2. The summed E-state index contributed by atoms with van der Waals surface area (Å²) in [4.78, 5) is 24.6.